The number of nitrogens with two attached hydrogens (primary N) is 1. The normalized spacial score (nSPS) is 11.7. The van der Waals surface area contributed by atoms with Crippen LogP contribution in [0.5, 0.6) is 0 Å². The molecule has 0 aromatic rings. The SMILES string of the molecule is CCCN(CCNC)CCNCCNCCCN(CC)CCN. The predicted molar refractivity (Wildman–Crippen MR) is 102 cm³/mol. The van der Waals surface area contributed by atoms with Gasteiger partial charge >= 0.3 is 0 Å². The third kappa shape index (κ3) is 15.1. The standard InChI is InChI=1S/C17H42N6/c1-4-13-23(16-11-19-3)17-12-21-10-9-20-8-6-14-22(5-2)15-7-18/h19-21H,4-18H2,1-3H3. The zero-order chi connectivity index (χ0) is 17.2. The van der Waals surface area contributed by atoms with Crippen LogP contribution in [0.1, 0.15) is 26.7 Å². The van der Waals surface area contributed by atoms with Crippen LogP contribution in [0.3, 0.4) is 0 Å². The lowest BCUT2D eigenvalue weighted by atomic mass is 10.3. The van der Waals surface area contributed by atoms with E-state index >= 15 is 0 Å². The topological polar surface area (TPSA) is 68.6 Å². The van der Waals surface area contributed by atoms with Crippen LogP contribution in [0.15, 0.2) is 0 Å². The first kappa shape index (κ1) is 22.8. The van der Waals surface area contributed by atoms with E-state index in [1.54, 1.807) is 0 Å². The fourth-order valence-corrected chi connectivity index (χ4v) is 2.62. The Bertz CT molecular complexity index is 227. The largest absolute Gasteiger partial charge is 0.329 e. The first-order chi connectivity index (χ1) is 11.3. The molecule has 0 saturated carbocycles. The van der Waals surface area contributed by atoms with Crippen molar-refractivity contribution in [2.75, 3.05) is 85.6 Å². The van der Waals surface area contributed by atoms with Crippen molar-refractivity contribution in [1.82, 2.24) is 25.8 Å². The van der Waals surface area contributed by atoms with Gasteiger partial charge in [-0.2, -0.15) is 0 Å². The minimum absolute atomic E-state index is 0.758. The maximum atomic E-state index is 5.60. The lowest BCUT2D eigenvalue weighted by Crippen LogP contribution is -2.38. The molecule has 0 saturated heterocycles. The van der Waals surface area contributed by atoms with Crippen LogP contribution in [-0.2, 0) is 0 Å². The van der Waals surface area contributed by atoms with E-state index in [1.807, 2.05) is 7.05 Å². The first-order valence-corrected chi connectivity index (χ1v) is 9.49. The summed E-state index contributed by atoms with van der Waals surface area (Å²) in [5.74, 6) is 0. The van der Waals surface area contributed by atoms with E-state index in [9.17, 15) is 0 Å². The molecule has 0 aromatic carbocycles. The van der Waals surface area contributed by atoms with Gasteiger partial charge in [0.1, 0.15) is 0 Å². The third-order valence-electron chi connectivity index (χ3n) is 4.02. The highest BCUT2D eigenvalue weighted by atomic mass is 15.1. The highest BCUT2D eigenvalue weighted by Gasteiger charge is 2.02. The van der Waals surface area contributed by atoms with E-state index in [0.717, 1.165) is 72.0 Å². The van der Waals surface area contributed by atoms with Crippen molar-refractivity contribution in [3.63, 3.8) is 0 Å². The van der Waals surface area contributed by atoms with Gasteiger partial charge in [-0.3, -0.25) is 0 Å². The van der Waals surface area contributed by atoms with Crippen LogP contribution >= 0.6 is 0 Å². The predicted octanol–water partition coefficient (Wildman–Crippen LogP) is -0.232. The summed E-state index contributed by atoms with van der Waals surface area (Å²) in [7, 11) is 2.02. The summed E-state index contributed by atoms with van der Waals surface area (Å²) in [5, 5.41) is 10.3. The average molecular weight is 331 g/mol. The highest BCUT2D eigenvalue weighted by molar-refractivity contribution is 4.62. The molecule has 6 heteroatoms. The van der Waals surface area contributed by atoms with Gasteiger partial charge in [0, 0.05) is 52.4 Å². The molecule has 0 fully saturated rings. The fourth-order valence-electron chi connectivity index (χ4n) is 2.62. The Morgan fingerprint density at radius 2 is 1.43 bits per heavy atom. The quantitative estimate of drug-likeness (QED) is 0.260. The number of rotatable bonds is 18. The molecule has 0 aliphatic carbocycles. The second-order valence-corrected chi connectivity index (χ2v) is 6.02. The zero-order valence-corrected chi connectivity index (χ0v) is 15.9. The number of nitrogens with one attached hydrogen (secondary N) is 3. The van der Waals surface area contributed by atoms with E-state index in [2.05, 4.69) is 39.6 Å². The summed E-state index contributed by atoms with van der Waals surface area (Å²) in [4.78, 5) is 4.93. The molecule has 0 bridgehead atoms. The summed E-state index contributed by atoms with van der Waals surface area (Å²) in [5.41, 5.74) is 5.60. The van der Waals surface area contributed by atoms with Crippen LogP contribution < -0.4 is 21.7 Å². The molecule has 6 nitrogen and oxygen atoms in total. The molecule has 0 aromatic heterocycles. The second kappa shape index (κ2) is 18.1. The average Bonchev–Trinajstić information content (AvgIpc) is 2.56. The van der Waals surface area contributed by atoms with Gasteiger partial charge in [0.05, 0.1) is 0 Å². The molecule has 0 aliphatic rings. The van der Waals surface area contributed by atoms with Crippen molar-refractivity contribution in [2.24, 2.45) is 5.73 Å². The zero-order valence-electron chi connectivity index (χ0n) is 15.9. The molecule has 0 aliphatic heterocycles. The van der Waals surface area contributed by atoms with Gasteiger partial charge in [-0.05, 0) is 46.1 Å². The smallest absolute Gasteiger partial charge is 0.0107 e. The molecule has 140 valence electrons. The van der Waals surface area contributed by atoms with E-state index in [1.165, 1.54) is 19.4 Å². The Balaban J connectivity index is 3.40. The second-order valence-electron chi connectivity index (χ2n) is 6.02. The molecular formula is C17H42N6. The van der Waals surface area contributed by atoms with Gasteiger partial charge in [-0.25, -0.2) is 0 Å². The molecule has 0 atom stereocenters. The van der Waals surface area contributed by atoms with Gasteiger partial charge < -0.3 is 31.5 Å². The molecule has 0 unspecified atom stereocenters. The Kier molecular flexibility index (Phi) is 17.9. The minimum atomic E-state index is 0.758. The van der Waals surface area contributed by atoms with E-state index in [4.69, 9.17) is 5.73 Å². The van der Waals surface area contributed by atoms with Crippen molar-refractivity contribution in [2.45, 2.75) is 26.7 Å². The number of hydrogen-bond acceptors (Lipinski definition) is 6. The molecule has 0 amide bonds. The molecule has 23 heavy (non-hydrogen) atoms. The lowest BCUT2D eigenvalue weighted by molar-refractivity contribution is 0.275. The molecule has 0 rings (SSSR count). The van der Waals surface area contributed by atoms with Gasteiger partial charge in [0.2, 0.25) is 0 Å². The molecular weight excluding hydrogens is 288 g/mol. The van der Waals surface area contributed by atoms with Crippen LogP contribution in [-0.4, -0.2) is 95.4 Å². The number of hydrogen-bond donors (Lipinski definition) is 4. The molecule has 5 N–H and O–H groups in total. The number of likely N-dealkylation sites (N-methyl/N-ethyl adjacent to an activating group) is 2. The van der Waals surface area contributed by atoms with Crippen LogP contribution in [0.2, 0.25) is 0 Å². The molecule has 0 radical (unpaired) electrons. The number of nitrogens with zero attached hydrogens (tertiary/aromatic N) is 2. The van der Waals surface area contributed by atoms with Crippen molar-refractivity contribution in [1.29, 1.82) is 0 Å². The van der Waals surface area contributed by atoms with Gasteiger partial charge in [-0.1, -0.05) is 13.8 Å². The summed E-state index contributed by atoms with van der Waals surface area (Å²) in [6.45, 7) is 17.3. The summed E-state index contributed by atoms with van der Waals surface area (Å²) < 4.78 is 0. The summed E-state index contributed by atoms with van der Waals surface area (Å²) >= 11 is 0. The lowest BCUT2D eigenvalue weighted by Gasteiger charge is -2.21. The summed E-state index contributed by atoms with van der Waals surface area (Å²) in [6, 6.07) is 0. The van der Waals surface area contributed by atoms with Crippen molar-refractivity contribution >= 4 is 0 Å². The summed E-state index contributed by atoms with van der Waals surface area (Å²) in [6.07, 6.45) is 2.42. The van der Waals surface area contributed by atoms with Crippen molar-refractivity contribution in [3.8, 4) is 0 Å². The first-order valence-electron chi connectivity index (χ1n) is 9.49. The third-order valence-corrected chi connectivity index (χ3v) is 4.02. The van der Waals surface area contributed by atoms with Gasteiger partial charge in [-0.15, -0.1) is 0 Å². The van der Waals surface area contributed by atoms with Crippen LogP contribution in [0.25, 0.3) is 0 Å². The maximum Gasteiger partial charge on any atom is 0.0107 e. The van der Waals surface area contributed by atoms with Crippen LogP contribution in [0.4, 0.5) is 0 Å². The fraction of sp³-hybridized carbons (Fsp3) is 1.00. The van der Waals surface area contributed by atoms with Crippen LogP contribution in [0, 0.1) is 0 Å². The Morgan fingerprint density at radius 1 is 0.739 bits per heavy atom. The highest BCUT2D eigenvalue weighted by Crippen LogP contribution is 1.90. The van der Waals surface area contributed by atoms with Crippen molar-refractivity contribution < 1.29 is 0 Å². The van der Waals surface area contributed by atoms with Gasteiger partial charge in [0.25, 0.3) is 0 Å². The molecule has 0 spiro atoms. The maximum absolute atomic E-state index is 5.60. The Hall–Kier alpha value is -0.240. The Labute approximate surface area is 144 Å². The monoisotopic (exact) mass is 330 g/mol. The molecule has 0 heterocycles. The van der Waals surface area contributed by atoms with E-state index in [0.29, 0.717) is 0 Å². The van der Waals surface area contributed by atoms with E-state index < -0.39 is 0 Å². The van der Waals surface area contributed by atoms with Crippen molar-refractivity contribution in [3.05, 3.63) is 0 Å². The van der Waals surface area contributed by atoms with E-state index in [-0.39, 0.29) is 0 Å². The minimum Gasteiger partial charge on any atom is -0.329 e. The van der Waals surface area contributed by atoms with Gasteiger partial charge in [0.15, 0.2) is 0 Å². The Morgan fingerprint density at radius 3 is 2.04 bits per heavy atom.